The maximum Gasteiger partial charge on any atom is 0.240 e. The van der Waals surface area contributed by atoms with Crippen LogP contribution in [0.5, 0.6) is 0 Å². The summed E-state index contributed by atoms with van der Waals surface area (Å²) in [5.74, 6) is 0. The second-order valence-electron chi connectivity index (χ2n) is 2.53. The number of aliphatic imine (C=N–C) groups is 1. The van der Waals surface area contributed by atoms with Crippen molar-refractivity contribution in [2.24, 2.45) is 4.99 Å². The van der Waals surface area contributed by atoms with Gasteiger partial charge in [0.15, 0.2) is 0 Å². The number of benzene rings is 1. The fraction of sp³-hybridized carbons (Fsp3) is 0.200. The van der Waals surface area contributed by atoms with Crippen molar-refractivity contribution in [2.45, 2.75) is 12.8 Å². The fourth-order valence-corrected chi connectivity index (χ4v) is 0.990. The van der Waals surface area contributed by atoms with E-state index >= 15 is 0 Å². The van der Waals surface area contributed by atoms with Gasteiger partial charge in [-0.15, -0.1) is 0 Å². The molecule has 0 aliphatic heterocycles. The summed E-state index contributed by atoms with van der Waals surface area (Å²) in [4.78, 5) is 13.4. The van der Waals surface area contributed by atoms with Crippen LogP contribution in [0.4, 0.5) is 5.69 Å². The molecule has 0 fully saturated rings. The molecule has 1 aromatic rings. The van der Waals surface area contributed by atoms with Crippen LogP contribution in [-0.2, 0) is 11.2 Å². The number of aryl methyl sites for hydroxylation is 1. The van der Waals surface area contributed by atoms with Gasteiger partial charge in [0.1, 0.15) is 0 Å². The van der Waals surface area contributed by atoms with Gasteiger partial charge in [-0.05, 0) is 24.1 Å². The van der Waals surface area contributed by atoms with E-state index in [1.807, 2.05) is 12.1 Å². The zero-order valence-electron chi connectivity index (χ0n) is 7.03. The van der Waals surface area contributed by atoms with E-state index in [0.717, 1.165) is 12.0 Å². The summed E-state index contributed by atoms with van der Waals surface area (Å²) in [6.07, 6.45) is 2.72. The Labute approximate surface area is 76.3 Å². The number of hydrogen-bond acceptors (Lipinski definition) is 3. The van der Waals surface area contributed by atoms with Crippen molar-refractivity contribution in [3.05, 3.63) is 29.8 Å². The van der Waals surface area contributed by atoms with Crippen LogP contribution in [0.1, 0.15) is 12.0 Å². The molecule has 0 saturated heterocycles. The van der Waals surface area contributed by atoms with Crippen LogP contribution in [0.15, 0.2) is 29.3 Å². The largest absolute Gasteiger partial charge is 0.240 e. The molecule has 0 bridgehead atoms. The second-order valence-corrected chi connectivity index (χ2v) is 2.53. The minimum atomic E-state index is 0.510. The van der Waals surface area contributed by atoms with E-state index < -0.39 is 0 Å². The highest BCUT2D eigenvalue weighted by Gasteiger charge is 1.92. The normalized spacial score (nSPS) is 8.54. The first-order valence-electron chi connectivity index (χ1n) is 3.90. The topological polar surface area (TPSA) is 53.2 Å². The van der Waals surface area contributed by atoms with Gasteiger partial charge in [0.25, 0.3) is 0 Å². The minimum Gasteiger partial charge on any atom is -0.211 e. The Morgan fingerprint density at radius 1 is 1.31 bits per heavy atom. The molecule has 13 heavy (non-hydrogen) atoms. The Kier molecular flexibility index (Phi) is 3.44. The molecule has 3 nitrogen and oxygen atoms in total. The lowest BCUT2D eigenvalue weighted by Gasteiger charge is -1.96. The molecular weight excluding hydrogens is 164 g/mol. The van der Waals surface area contributed by atoms with Crippen LogP contribution in [0.25, 0.3) is 0 Å². The van der Waals surface area contributed by atoms with Crippen molar-refractivity contribution in [2.75, 3.05) is 0 Å². The third-order valence-electron chi connectivity index (χ3n) is 1.64. The average Bonchev–Trinajstić information content (AvgIpc) is 2.17. The second kappa shape index (κ2) is 4.87. The van der Waals surface area contributed by atoms with Gasteiger partial charge in [-0.3, -0.25) is 0 Å². The van der Waals surface area contributed by atoms with Gasteiger partial charge in [0, 0.05) is 6.42 Å². The third kappa shape index (κ3) is 2.90. The van der Waals surface area contributed by atoms with Gasteiger partial charge in [-0.2, -0.15) is 10.3 Å². The summed E-state index contributed by atoms with van der Waals surface area (Å²) in [7, 11) is 0. The molecule has 0 amide bonds. The van der Waals surface area contributed by atoms with Crippen LogP contribution in [0, 0.1) is 11.3 Å². The van der Waals surface area contributed by atoms with Crippen molar-refractivity contribution in [1.29, 1.82) is 5.26 Å². The molecule has 0 atom stereocenters. The third-order valence-corrected chi connectivity index (χ3v) is 1.64. The van der Waals surface area contributed by atoms with Crippen molar-refractivity contribution in [3.8, 4) is 6.07 Å². The molecule has 0 N–H and O–H groups in total. The molecule has 64 valence electrons. The summed E-state index contributed by atoms with van der Waals surface area (Å²) in [6, 6.07) is 9.25. The van der Waals surface area contributed by atoms with Gasteiger partial charge in [-0.25, -0.2) is 4.79 Å². The van der Waals surface area contributed by atoms with E-state index in [0.29, 0.717) is 12.1 Å². The van der Waals surface area contributed by atoms with E-state index in [2.05, 4.69) is 11.1 Å². The molecule has 1 aromatic carbocycles. The molecule has 0 radical (unpaired) electrons. The summed E-state index contributed by atoms with van der Waals surface area (Å²) in [5.41, 5.74) is 1.67. The van der Waals surface area contributed by atoms with Gasteiger partial charge in [0.2, 0.25) is 6.08 Å². The van der Waals surface area contributed by atoms with Crippen LogP contribution >= 0.6 is 0 Å². The lowest BCUT2D eigenvalue weighted by molar-refractivity contribution is 0.565. The van der Waals surface area contributed by atoms with Crippen LogP contribution in [0.2, 0.25) is 0 Å². The summed E-state index contributed by atoms with van der Waals surface area (Å²) < 4.78 is 0. The van der Waals surface area contributed by atoms with Gasteiger partial charge < -0.3 is 0 Å². The molecule has 0 aromatic heterocycles. The first-order chi connectivity index (χ1) is 6.36. The first-order valence-corrected chi connectivity index (χ1v) is 3.90. The predicted molar refractivity (Wildman–Crippen MR) is 48.2 cm³/mol. The summed E-state index contributed by atoms with van der Waals surface area (Å²) in [6.45, 7) is 0. The lowest BCUT2D eigenvalue weighted by atomic mass is 10.1. The number of nitrogens with zero attached hydrogens (tertiary/aromatic N) is 2. The Balaban J connectivity index is 2.70. The molecule has 3 heteroatoms. The Hall–Kier alpha value is -1.91. The zero-order chi connectivity index (χ0) is 9.52. The van der Waals surface area contributed by atoms with E-state index in [-0.39, 0.29) is 0 Å². The smallest absolute Gasteiger partial charge is 0.211 e. The Morgan fingerprint density at radius 3 is 2.54 bits per heavy atom. The van der Waals surface area contributed by atoms with Crippen LogP contribution in [-0.4, -0.2) is 6.08 Å². The summed E-state index contributed by atoms with van der Waals surface area (Å²) in [5, 5.41) is 8.35. The van der Waals surface area contributed by atoms with E-state index in [9.17, 15) is 4.79 Å². The Morgan fingerprint density at radius 2 is 2.00 bits per heavy atom. The van der Waals surface area contributed by atoms with Crippen molar-refractivity contribution in [1.82, 2.24) is 0 Å². The highest BCUT2D eigenvalue weighted by atomic mass is 16.1. The quantitative estimate of drug-likeness (QED) is 0.518. The number of nitriles is 1. The van der Waals surface area contributed by atoms with Gasteiger partial charge >= 0.3 is 0 Å². The molecule has 0 saturated carbocycles. The van der Waals surface area contributed by atoms with E-state index in [1.165, 1.54) is 6.08 Å². The first kappa shape index (κ1) is 9.18. The van der Waals surface area contributed by atoms with E-state index in [1.54, 1.807) is 12.1 Å². The van der Waals surface area contributed by atoms with E-state index in [4.69, 9.17) is 5.26 Å². The molecule has 1 rings (SSSR count). The summed E-state index contributed by atoms with van der Waals surface area (Å²) >= 11 is 0. The predicted octanol–water partition coefficient (Wildman–Crippen LogP) is 2.11. The highest BCUT2D eigenvalue weighted by Crippen LogP contribution is 2.12. The number of hydrogen-bond donors (Lipinski definition) is 0. The fourth-order valence-electron chi connectivity index (χ4n) is 0.990. The minimum absolute atomic E-state index is 0.510. The molecular formula is C10H8N2O. The highest BCUT2D eigenvalue weighted by molar-refractivity contribution is 5.49. The maximum absolute atomic E-state index is 9.90. The Bertz CT molecular complexity index is 356. The maximum atomic E-state index is 9.90. The number of isocyanates is 1. The van der Waals surface area contributed by atoms with Crippen LogP contribution in [0.3, 0.4) is 0 Å². The molecule has 0 aliphatic rings. The molecule has 0 heterocycles. The monoisotopic (exact) mass is 172 g/mol. The molecule has 0 unspecified atom stereocenters. The van der Waals surface area contributed by atoms with Crippen molar-refractivity contribution < 1.29 is 4.79 Å². The number of rotatable bonds is 3. The molecule has 0 aliphatic carbocycles. The number of carbonyl (C=O) groups excluding carboxylic acids is 1. The molecule has 0 spiro atoms. The van der Waals surface area contributed by atoms with Gasteiger partial charge in [0.05, 0.1) is 11.8 Å². The lowest BCUT2D eigenvalue weighted by Crippen LogP contribution is -1.81. The average molecular weight is 172 g/mol. The van der Waals surface area contributed by atoms with Crippen molar-refractivity contribution in [3.63, 3.8) is 0 Å². The standard InChI is InChI=1S/C10H8N2O/c11-7-1-2-9-3-5-10(6-4-9)12-8-13/h3-6H,1-2H2. The SMILES string of the molecule is N#CCCc1ccc(N=C=O)cc1. The van der Waals surface area contributed by atoms with Crippen LogP contribution < -0.4 is 0 Å². The van der Waals surface area contributed by atoms with Gasteiger partial charge in [-0.1, -0.05) is 12.1 Å². The van der Waals surface area contributed by atoms with Crippen molar-refractivity contribution >= 4 is 11.8 Å². The zero-order valence-corrected chi connectivity index (χ0v) is 7.03.